The first-order valence-electron chi connectivity index (χ1n) is 6.26. The van der Waals surface area contributed by atoms with Gasteiger partial charge in [-0.15, -0.1) is 0 Å². The van der Waals surface area contributed by atoms with Crippen LogP contribution in [-0.2, 0) is 9.84 Å². The molecule has 0 unspecified atom stereocenters. The highest BCUT2D eigenvalue weighted by atomic mass is 32.2. The van der Waals surface area contributed by atoms with E-state index in [1.807, 2.05) is 0 Å². The Hall–Kier alpha value is -1.13. The average molecular weight is 318 g/mol. The Morgan fingerprint density at radius 3 is 2.60 bits per heavy atom. The molecule has 0 aromatic carbocycles. The number of nitrogens with one attached hydrogen (secondary N) is 1. The zero-order valence-corrected chi connectivity index (χ0v) is 12.9. The summed E-state index contributed by atoms with van der Waals surface area (Å²) in [6, 6.07) is 0. The van der Waals surface area contributed by atoms with E-state index >= 15 is 0 Å². The van der Waals surface area contributed by atoms with Crippen molar-refractivity contribution in [1.29, 1.82) is 0 Å². The Bertz CT molecular complexity index is 559. The maximum atomic E-state index is 11.1. The fourth-order valence-corrected chi connectivity index (χ4v) is 3.84. The molecule has 8 nitrogen and oxygen atoms in total. The molecule has 1 aromatic rings. The van der Waals surface area contributed by atoms with Crippen molar-refractivity contribution in [3.05, 3.63) is 0 Å². The molecule has 112 valence electrons. The minimum atomic E-state index is -2.98. The minimum Gasteiger partial charge on any atom is -0.341 e. The smallest absolute Gasteiger partial charge is 0.242 e. The molecule has 10 heteroatoms. The molecule has 1 fully saturated rings. The summed E-state index contributed by atoms with van der Waals surface area (Å²) < 4.78 is 22.2. The SMILES string of the molecule is CS(=O)(=O)CCSc1nc(NN)nc(N2CCCC2)n1. The first-order valence-corrected chi connectivity index (χ1v) is 9.31. The molecule has 20 heavy (non-hydrogen) atoms. The highest BCUT2D eigenvalue weighted by Crippen LogP contribution is 2.21. The predicted molar refractivity (Wildman–Crippen MR) is 79.5 cm³/mol. The number of nitrogens with zero attached hydrogens (tertiary/aromatic N) is 4. The molecule has 0 aliphatic carbocycles. The predicted octanol–water partition coefficient (Wildman–Crippen LogP) is -0.106. The number of aromatic nitrogens is 3. The van der Waals surface area contributed by atoms with Gasteiger partial charge in [0.05, 0.1) is 5.75 Å². The van der Waals surface area contributed by atoms with Crippen LogP contribution in [0.25, 0.3) is 0 Å². The third-order valence-corrected chi connectivity index (χ3v) is 4.86. The number of hydrazine groups is 1. The Balaban J connectivity index is 2.09. The van der Waals surface area contributed by atoms with E-state index in [-0.39, 0.29) is 5.75 Å². The lowest BCUT2D eigenvalue weighted by atomic mass is 10.4. The minimum absolute atomic E-state index is 0.0911. The molecular formula is C10H18N6O2S2. The standard InChI is InChI=1S/C10H18N6O2S2/c1-20(17,18)7-6-19-10-13-8(15-11)12-9(14-10)16-4-2-3-5-16/h2-7,11H2,1H3,(H,12,13,14,15). The number of hydrogen-bond donors (Lipinski definition) is 2. The molecule has 0 radical (unpaired) electrons. The maximum Gasteiger partial charge on any atom is 0.242 e. The monoisotopic (exact) mass is 318 g/mol. The van der Waals surface area contributed by atoms with E-state index in [0.717, 1.165) is 25.9 Å². The van der Waals surface area contributed by atoms with Crippen LogP contribution in [0, 0.1) is 0 Å². The molecule has 1 saturated heterocycles. The normalized spacial score (nSPS) is 15.6. The van der Waals surface area contributed by atoms with Gasteiger partial charge >= 0.3 is 0 Å². The number of thioether (sulfide) groups is 1. The third kappa shape index (κ3) is 4.46. The quantitative estimate of drug-likeness (QED) is 0.421. The van der Waals surface area contributed by atoms with Crippen molar-refractivity contribution in [3.63, 3.8) is 0 Å². The summed E-state index contributed by atoms with van der Waals surface area (Å²) in [5, 5.41) is 0.485. The molecule has 2 rings (SSSR count). The van der Waals surface area contributed by atoms with Gasteiger partial charge in [-0.1, -0.05) is 11.8 Å². The highest BCUT2D eigenvalue weighted by molar-refractivity contribution is 8.00. The largest absolute Gasteiger partial charge is 0.341 e. The van der Waals surface area contributed by atoms with E-state index in [4.69, 9.17) is 5.84 Å². The van der Waals surface area contributed by atoms with Gasteiger partial charge in [-0.3, -0.25) is 5.43 Å². The first-order chi connectivity index (χ1) is 9.48. The summed E-state index contributed by atoms with van der Waals surface area (Å²) in [5.74, 6) is 6.74. The highest BCUT2D eigenvalue weighted by Gasteiger charge is 2.17. The van der Waals surface area contributed by atoms with Crippen molar-refractivity contribution in [2.45, 2.75) is 18.0 Å². The molecular weight excluding hydrogens is 300 g/mol. The van der Waals surface area contributed by atoms with Crippen LogP contribution in [0.15, 0.2) is 5.16 Å². The fraction of sp³-hybridized carbons (Fsp3) is 0.700. The number of nitrogen functional groups attached to an aromatic ring is 1. The summed E-state index contributed by atoms with van der Waals surface area (Å²) in [4.78, 5) is 14.8. The zero-order chi connectivity index (χ0) is 14.6. The van der Waals surface area contributed by atoms with Gasteiger partial charge in [0.1, 0.15) is 9.84 Å². The van der Waals surface area contributed by atoms with Crippen LogP contribution < -0.4 is 16.2 Å². The number of nitrogens with two attached hydrogens (primary N) is 1. The summed E-state index contributed by atoms with van der Waals surface area (Å²) in [6.45, 7) is 1.84. The summed E-state index contributed by atoms with van der Waals surface area (Å²) >= 11 is 1.29. The van der Waals surface area contributed by atoms with Gasteiger partial charge in [0.25, 0.3) is 0 Å². The molecule has 0 atom stereocenters. The van der Waals surface area contributed by atoms with Crippen LogP contribution in [0.1, 0.15) is 12.8 Å². The molecule has 0 amide bonds. The second-order valence-electron chi connectivity index (χ2n) is 4.56. The third-order valence-electron chi connectivity index (χ3n) is 2.81. The molecule has 1 aliphatic rings. The van der Waals surface area contributed by atoms with Crippen molar-refractivity contribution >= 4 is 33.5 Å². The van der Waals surface area contributed by atoms with Gasteiger partial charge in [0.2, 0.25) is 11.9 Å². The van der Waals surface area contributed by atoms with Crippen LogP contribution in [0.5, 0.6) is 0 Å². The molecule has 1 aliphatic heterocycles. The van der Waals surface area contributed by atoms with Crippen LogP contribution in [0.4, 0.5) is 11.9 Å². The Morgan fingerprint density at radius 2 is 2.00 bits per heavy atom. The van der Waals surface area contributed by atoms with Crippen LogP contribution >= 0.6 is 11.8 Å². The Morgan fingerprint density at radius 1 is 1.30 bits per heavy atom. The van der Waals surface area contributed by atoms with Gasteiger partial charge in [-0.25, -0.2) is 14.3 Å². The summed E-state index contributed by atoms with van der Waals surface area (Å²) in [7, 11) is -2.98. The van der Waals surface area contributed by atoms with Gasteiger partial charge in [0, 0.05) is 25.1 Å². The van der Waals surface area contributed by atoms with Crippen LogP contribution in [-0.4, -0.2) is 54.2 Å². The van der Waals surface area contributed by atoms with Gasteiger partial charge < -0.3 is 4.90 Å². The number of anilines is 2. The number of hydrogen-bond acceptors (Lipinski definition) is 9. The molecule has 3 N–H and O–H groups in total. The summed E-state index contributed by atoms with van der Waals surface area (Å²) in [5.41, 5.74) is 2.42. The fourth-order valence-electron chi connectivity index (χ4n) is 1.82. The van der Waals surface area contributed by atoms with Gasteiger partial charge in [-0.05, 0) is 12.8 Å². The van der Waals surface area contributed by atoms with Gasteiger partial charge in [0.15, 0.2) is 5.16 Å². The van der Waals surface area contributed by atoms with E-state index in [9.17, 15) is 8.42 Å². The number of sulfone groups is 1. The molecule has 0 saturated carbocycles. The Labute approximate surface area is 122 Å². The van der Waals surface area contributed by atoms with Crippen molar-refractivity contribution < 1.29 is 8.42 Å². The second-order valence-corrected chi connectivity index (χ2v) is 7.88. The molecule has 1 aromatic heterocycles. The van der Waals surface area contributed by atoms with E-state index in [1.54, 1.807) is 0 Å². The lowest BCUT2D eigenvalue weighted by molar-refractivity contribution is 0.603. The van der Waals surface area contributed by atoms with Crippen LogP contribution in [0.3, 0.4) is 0 Å². The number of rotatable bonds is 6. The Kier molecular flexibility index (Phi) is 5.00. The van der Waals surface area contributed by atoms with Crippen molar-refractivity contribution in [3.8, 4) is 0 Å². The lowest BCUT2D eigenvalue weighted by Crippen LogP contribution is -2.22. The zero-order valence-electron chi connectivity index (χ0n) is 11.2. The van der Waals surface area contributed by atoms with E-state index < -0.39 is 9.84 Å². The van der Waals surface area contributed by atoms with E-state index in [0.29, 0.717) is 22.8 Å². The topological polar surface area (TPSA) is 114 Å². The van der Waals surface area contributed by atoms with E-state index in [2.05, 4.69) is 25.3 Å². The van der Waals surface area contributed by atoms with E-state index in [1.165, 1.54) is 18.0 Å². The summed E-state index contributed by atoms with van der Waals surface area (Å²) in [6.07, 6.45) is 3.45. The average Bonchev–Trinajstić information content (AvgIpc) is 2.90. The second kappa shape index (κ2) is 6.55. The van der Waals surface area contributed by atoms with Crippen molar-refractivity contribution in [2.24, 2.45) is 5.84 Å². The maximum absolute atomic E-state index is 11.1. The molecule has 2 heterocycles. The van der Waals surface area contributed by atoms with Crippen molar-refractivity contribution in [1.82, 2.24) is 15.0 Å². The first kappa shape index (κ1) is 15.3. The molecule has 0 bridgehead atoms. The van der Waals surface area contributed by atoms with Crippen molar-refractivity contribution in [2.75, 3.05) is 41.2 Å². The van der Waals surface area contributed by atoms with Crippen LogP contribution in [0.2, 0.25) is 0 Å². The lowest BCUT2D eigenvalue weighted by Gasteiger charge is -2.16. The molecule has 0 spiro atoms. The van der Waals surface area contributed by atoms with Gasteiger partial charge in [-0.2, -0.15) is 15.0 Å².